The molecule has 3 heteroatoms. The van der Waals surface area contributed by atoms with Crippen LogP contribution in [-0.2, 0) is 12.0 Å². The average molecular weight is 165 g/mol. The second kappa shape index (κ2) is 3.19. The van der Waals surface area contributed by atoms with Gasteiger partial charge in [0.25, 0.3) is 0 Å². The van der Waals surface area contributed by atoms with Crippen LogP contribution < -0.4 is 5.73 Å². The molecule has 2 N–H and O–H groups in total. The highest BCUT2D eigenvalue weighted by Crippen LogP contribution is 2.19. The molecule has 0 spiro atoms. The molecule has 0 unspecified atom stereocenters. The van der Waals surface area contributed by atoms with Gasteiger partial charge < -0.3 is 5.73 Å². The molecule has 1 heterocycles. The van der Waals surface area contributed by atoms with Crippen LogP contribution >= 0.6 is 0 Å². The fraction of sp³-hybridized carbons (Fsp3) is 0.556. The molecule has 0 fully saturated rings. The molecule has 1 aromatic heterocycles. The number of nitrogens with two attached hydrogens (primary N) is 1. The van der Waals surface area contributed by atoms with Crippen molar-refractivity contribution < 1.29 is 0 Å². The first-order valence-corrected chi connectivity index (χ1v) is 4.06. The van der Waals surface area contributed by atoms with E-state index in [1.165, 1.54) is 0 Å². The maximum atomic E-state index is 5.49. The molecule has 1 rings (SSSR count). The van der Waals surface area contributed by atoms with Crippen molar-refractivity contribution in [3.05, 3.63) is 23.5 Å². The third-order valence-electron chi connectivity index (χ3n) is 1.72. The van der Waals surface area contributed by atoms with E-state index in [9.17, 15) is 0 Å². The molecule has 0 aliphatic heterocycles. The third kappa shape index (κ3) is 2.01. The van der Waals surface area contributed by atoms with Gasteiger partial charge in [-0.3, -0.25) is 0 Å². The Bertz CT molecular complexity index is 263. The van der Waals surface area contributed by atoms with Crippen molar-refractivity contribution >= 4 is 0 Å². The summed E-state index contributed by atoms with van der Waals surface area (Å²) in [5, 5.41) is 7.94. The monoisotopic (exact) mass is 165 g/mol. The number of aromatic nitrogens is 2. The molecular weight excluding hydrogens is 150 g/mol. The van der Waals surface area contributed by atoms with Crippen LogP contribution in [0.4, 0.5) is 0 Å². The summed E-state index contributed by atoms with van der Waals surface area (Å²) >= 11 is 0. The van der Waals surface area contributed by atoms with Crippen LogP contribution in [0, 0.1) is 0 Å². The Morgan fingerprint density at radius 2 is 2.08 bits per heavy atom. The Morgan fingerprint density at radius 1 is 1.42 bits per heavy atom. The first kappa shape index (κ1) is 9.13. The summed E-state index contributed by atoms with van der Waals surface area (Å²) in [5.41, 5.74) is 7.58. The van der Waals surface area contributed by atoms with Gasteiger partial charge in [-0.15, -0.1) is 0 Å². The maximum Gasteiger partial charge on any atom is 0.0687 e. The molecular formula is C9H15N3. The van der Waals surface area contributed by atoms with E-state index in [1.807, 2.05) is 6.07 Å². The summed E-state index contributed by atoms with van der Waals surface area (Å²) in [7, 11) is 0. The molecule has 0 bridgehead atoms. The van der Waals surface area contributed by atoms with E-state index in [0.717, 1.165) is 11.3 Å². The van der Waals surface area contributed by atoms with Gasteiger partial charge in [-0.25, -0.2) is 0 Å². The van der Waals surface area contributed by atoms with Crippen LogP contribution in [0.25, 0.3) is 0 Å². The predicted molar refractivity (Wildman–Crippen MR) is 48.6 cm³/mol. The molecule has 0 aromatic carbocycles. The van der Waals surface area contributed by atoms with Crippen molar-refractivity contribution in [1.82, 2.24) is 10.2 Å². The molecule has 1 aromatic rings. The Balaban J connectivity index is 3.02. The van der Waals surface area contributed by atoms with Crippen LogP contribution in [0.15, 0.2) is 12.3 Å². The lowest BCUT2D eigenvalue weighted by atomic mass is 9.91. The molecule has 12 heavy (non-hydrogen) atoms. The van der Waals surface area contributed by atoms with Gasteiger partial charge in [0.05, 0.1) is 11.9 Å². The summed E-state index contributed by atoms with van der Waals surface area (Å²) in [4.78, 5) is 0. The summed E-state index contributed by atoms with van der Waals surface area (Å²) in [6, 6.07) is 2.01. The molecule has 0 saturated heterocycles. The highest BCUT2D eigenvalue weighted by molar-refractivity contribution is 5.17. The van der Waals surface area contributed by atoms with Crippen LogP contribution in [0.3, 0.4) is 0 Å². The minimum Gasteiger partial charge on any atom is -0.326 e. The molecule has 0 atom stereocenters. The van der Waals surface area contributed by atoms with Crippen LogP contribution in [0.1, 0.15) is 32.0 Å². The molecule has 0 radical (unpaired) electrons. The zero-order valence-electron chi connectivity index (χ0n) is 7.83. The largest absolute Gasteiger partial charge is 0.326 e. The summed E-state index contributed by atoms with van der Waals surface area (Å²) in [6.07, 6.45) is 1.70. The predicted octanol–water partition coefficient (Wildman–Crippen LogP) is 1.23. The Kier molecular flexibility index (Phi) is 2.43. The Labute approximate surface area is 73.0 Å². The molecule has 3 nitrogen and oxygen atoms in total. The van der Waals surface area contributed by atoms with Gasteiger partial charge in [0.15, 0.2) is 0 Å². The van der Waals surface area contributed by atoms with E-state index in [0.29, 0.717) is 6.54 Å². The van der Waals surface area contributed by atoms with Crippen molar-refractivity contribution in [3.63, 3.8) is 0 Å². The van der Waals surface area contributed by atoms with Crippen LogP contribution in [0.2, 0.25) is 0 Å². The second-order valence-electron chi connectivity index (χ2n) is 3.90. The smallest absolute Gasteiger partial charge is 0.0687 e. The number of nitrogens with zero attached hydrogens (tertiary/aromatic N) is 2. The van der Waals surface area contributed by atoms with Gasteiger partial charge in [0.1, 0.15) is 0 Å². The summed E-state index contributed by atoms with van der Waals surface area (Å²) < 4.78 is 0. The van der Waals surface area contributed by atoms with Crippen molar-refractivity contribution in [1.29, 1.82) is 0 Å². The van der Waals surface area contributed by atoms with E-state index in [2.05, 4.69) is 31.0 Å². The molecule has 0 aliphatic rings. The lowest BCUT2D eigenvalue weighted by Gasteiger charge is -2.16. The van der Waals surface area contributed by atoms with Gasteiger partial charge >= 0.3 is 0 Å². The normalized spacial score (nSPS) is 11.7. The topological polar surface area (TPSA) is 51.8 Å². The first-order valence-electron chi connectivity index (χ1n) is 4.06. The lowest BCUT2D eigenvalue weighted by Crippen LogP contribution is -2.15. The number of hydrogen-bond donors (Lipinski definition) is 1. The zero-order valence-corrected chi connectivity index (χ0v) is 7.83. The van der Waals surface area contributed by atoms with Crippen LogP contribution in [-0.4, -0.2) is 10.2 Å². The van der Waals surface area contributed by atoms with E-state index in [-0.39, 0.29) is 5.41 Å². The number of hydrogen-bond acceptors (Lipinski definition) is 3. The lowest BCUT2D eigenvalue weighted by molar-refractivity contribution is 0.557. The van der Waals surface area contributed by atoms with Gasteiger partial charge in [-0.1, -0.05) is 20.8 Å². The minimum absolute atomic E-state index is 0.0537. The fourth-order valence-electron chi connectivity index (χ4n) is 0.885. The van der Waals surface area contributed by atoms with Crippen molar-refractivity contribution in [2.75, 3.05) is 0 Å². The summed E-state index contributed by atoms with van der Waals surface area (Å²) in [5.74, 6) is 0. The van der Waals surface area contributed by atoms with E-state index >= 15 is 0 Å². The van der Waals surface area contributed by atoms with E-state index in [4.69, 9.17) is 5.73 Å². The standard InChI is InChI=1S/C9H15N3/c1-9(2,3)8-4-7(5-10)6-11-12-8/h4,6H,5,10H2,1-3H3. The molecule has 0 saturated carbocycles. The van der Waals surface area contributed by atoms with Crippen molar-refractivity contribution in [3.8, 4) is 0 Å². The summed E-state index contributed by atoms with van der Waals surface area (Å²) in [6.45, 7) is 6.85. The molecule has 0 amide bonds. The van der Waals surface area contributed by atoms with E-state index < -0.39 is 0 Å². The number of rotatable bonds is 1. The minimum atomic E-state index is 0.0537. The zero-order chi connectivity index (χ0) is 9.19. The fourth-order valence-corrected chi connectivity index (χ4v) is 0.885. The van der Waals surface area contributed by atoms with Gasteiger partial charge in [0, 0.05) is 12.0 Å². The van der Waals surface area contributed by atoms with Gasteiger partial charge in [-0.05, 0) is 11.6 Å². The van der Waals surface area contributed by atoms with E-state index in [1.54, 1.807) is 6.20 Å². The highest BCUT2D eigenvalue weighted by atomic mass is 15.1. The first-order chi connectivity index (χ1) is 5.54. The quantitative estimate of drug-likeness (QED) is 0.681. The maximum absolute atomic E-state index is 5.49. The SMILES string of the molecule is CC(C)(C)c1cc(CN)cnn1. The Morgan fingerprint density at radius 3 is 2.58 bits per heavy atom. The van der Waals surface area contributed by atoms with Crippen molar-refractivity contribution in [2.24, 2.45) is 5.73 Å². The van der Waals surface area contributed by atoms with Gasteiger partial charge in [0.2, 0.25) is 0 Å². The molecule has 66 valence electrons. The average Bonchev–Trinajstić information content (AvgIpc) is 2.03. The van der Waals surface area contributed by atoms with Crippen molar-refractivity contribution in [2.45, 2.75) is 32.7 Å². The third-order valence-corrected chi connectivity index (χ3v) is 1.72. The van der Waals surface area contributed by atoms with Gasteiger partial charge in [-0.2, -0.15) is 10.2 Å². The highest BCUT2D eigenvalue weighted by Gasteiger charge is 2.15. The molecule has 0 aliphatic carbocycles. The second-order valence-corrected chi connectivity index (χ2v) is 3.90. The Hall–Kier alpha value is -0.960. The van der Waals surface area contributed by atoms with Crippen LogP contribution in [0.5, 0.6) is 0 Å².